The maximum absolute atomic E-state index is 12.8. The highest BCUT2D eigenvalue weighted by Gasteiger charge is 2.28. The zero-order chi connectivity index (χ0) is 23.8. The van der Waals surface area contributed by atoms with E-state index >= 15 is 0 Å². The first-order valence-corrected chi connectivity index (χ1v) is 12.2. The Morgan fingerprint density at radius 1 is 1.09 bits per heavy atom. The SMILES string of the molecule is CCOc1ccc(/C=N\NC(=O)CN2CCN(S(=O)(=O)c3ccc(C)cc3)CC2)cc1OC. The Bertz CT molecular complexity index is 1080. The van der Waals surface area contributed by atoms with E-state index in [1.165, 1.54) is 10.5 Å². The molecule has 0 aliphatic carbocycles. The second kappa shape index (κ2) is 11.3. The molecule has 1 heterocycles. The number of nitrogens with one attached hydrogen (secondary N) is 1. The largest absolute Gasteiger partial charge is 0.493 e. The zero-order valence-electron chi connectivity index (χ0n) is 19.2. The van der Waals surface area contributed by atoms with Crippen LogP contribution in [-0.2, 0) is 14.8 Å². The van der Waals surface area contributed by atoms with Crippen LogP contribution in [0.15, 0.2) is 52.5 Å². The standard InChI is InChI=1S/C23H30N4O5S/c1-4-32-21-10-7-19(15-22(21)31-3)16-24-25-23(28)17-26-11-13-27(14-12-26)33(29,30)20-8-5-18(2)6-9-20/h5-10,15-16H,4,11-14,17H2,1-3H3,(H,25,28)/b24-16-. The van der Waals surface area contributed by atoms with Gasteiger partial charge in [-0.25, -0.2) is 13.8 Å². The Kier molecular flexibility index (Phi) is 8.43. The van der Waals surface area contributed by atoms with Crippen LogP contribution in [0, 0.1) is 6.92 Å². The number of nitrogens with zero attached hydrogens (tertiary/aromatic N) is 3. The molecular weight excluding hydrogens is 444 g/mol. The summed E-state index contributed by atoms with van der Waals surface area (Å²) in [6.07, 6.45) is 1.53. The number of hydrogen-bond donors (Lipinski definition) is 1. The number of carbonyl (C=O) groups is 1. The quantitative estimate of drug-likeness (QED) is 0.440. The average molecular weight is 475 g/mol. The molecule has 1 aliphatic heterocycles. The summed E-state index contributed by atoms with van der Waals surface area (Å²) in [5, 5.41) is 4.01. The lowest BCUT2D eigenvalue weighted by atomic mass is 10.2. The Labute approximate surface area is 195 Å². The molecule has 1 N–H and O–H groups in total. The van der Waals surface area contributed by atoms with E-state index in [4.69, 9.17) is 9.47 Å². The van der Waals surface area contributed by atoms with E-state index in [1.54, 1.807) is 43.5 Å². The van der Waals surface area contributed by atoms with Crippen LogP contribution < -0.4 is 14.9 Å². The summed E-state index contributed by atoms with van der Waals surface area (Å²) in [4.78, 5) is 14.5. The monoisotopic (exact) mass is 474 g/mol. The van der Waals surface area contributed by atoms with Crippen molar-refractivity contribution in [1.29, 1.82) is 0 Å². The average Bonchev–Trinajstić information content (AvgIpc) is 2.80. The summed E-state index contributed by atoms with van der Waals surface area (Å²) in [6.45, 7) is 6.09. The second-order valence-corrected chi connectivity index (χ2v) is 9.57. The summed E-state index contributed by atoms with van der Waals surface area (Å²) >= 11 is 0. The molecule has 33 heavy (non-hydrogen) atoms. The fourth-order valence-electron chi connectivity index (χ4n) is 3.44. The lowest BCUT2D eigenvalue weighted by molar-refractivity contribution is -0.122. The van der Waals surface area contributed by atoms with Crippen LogP contribution in [0.1, 0.15) is 18.1 Å². The van der Waals surface area contributed by atoms with E-state index in [9.17, 15) is 13.2 Å². The van der Waals surface area contributed by atoms with Crippen LogP contribution in [0.2, 0.25) is 0 Å². The summed E-state index contributed by atoms with van der Waals surface area (Å²) < 4.78 is 37.8. The molecule has 10 heteroatoms. The molecule has 2 aromatic carbocycles. The molecule has 0 bridgehead atoms. The molecule has 0 spiro atoms. The smallest absolute Gasteiger partial charge is 0.254 e. The highest BCUT2D eigenvalue weighted by atomic mass is 32.2. The van der Waals surface area contributed by atoms with Crippen molar-refractivity contribution in [3.05, 3.63) is 53.6 Å². The maximum Gasteiger partial charge on any atom is 0.254 e. The lowest BCUT2D eigenvalue weighted by Gasteiger charge is -2.33. The third-order valence-corrected chi connectivity index (χ3v) is 7.16. The van der Waals surface area contributed by atoms with Crippen molar-refractivity contribution in [2.75, 3.05) is 46.4 Å². The van der Waals surface area contributed by atoms with E-state index < -0.39 is 10.0 Å². The number of benzene rings is 2. The third kappa shape index (κ3) is 6.53. The molecule has 2 aromatic rings. The van der Waals surface area contributed by atoms with Gasteiger partial charge in [0.2, 0.25) is 10.0 Å². The van der Waals surface area contributed by atoms with Crippen LogP contribution in [0.4, 0.5) is 0 Å². The van der Waals surface area contributed by atoms with Gasteiger partial charge in [0.05, 0.1) is 31.4 Å². The number of methoxy groups -OCH3 is 1. The summed E-state index contributed by atoms with van der Waals surface area (Å²) in [5.41, 5.74) is 4.28. The van der Waals surface area contributed by atoms with Gasteiger partial charge in [0.25, 0.3) is 5.91 Å². The van der Waals surface area contributed by atoms with Crippen molar-refractivity contribution in [2.24, 2.45) is 5.10 Å². The molecule has 1 aliphatic rings. The number of amides is 1. The minimum absolute atomic E-state index is 0.141. The normalized spacial score (nSPS) is 15.5. The molecule has 1 saturated heterocycles. The van der Waals surface area contributed by atoms with Crippen molar-refractivity contribution in [1.82, 2.24) is 14.6 Å². The Morgan fingerprint density at radius 2 is 1.79 bits per heavy atom. The predicted molar refractivity (Wildman–Crippen MR) is 126 cm³/mol. The molecule has 9 nitrogen and oxygen atoms in total. The number of sulfonamides is 1. The van der Waals surface area contributed by atoms with Crippen molar-refractivity contribution >= 4 is 22.1 Å². The molecule has 0 unspecified atom stereocenters. The van der Waals surface area contributed by atoms with Crippen molar-refractivity contribution in [3.8, 4) is 11.5 Å². The third-order valence-electron chi connectivity index (χ3n) is 5.25. The summed E-state index contributed by atoms with van der Waals surface area (Å²) in [6, 6.07) is 12.2. The molecule has 0 aromatic heterocycles. The van der Waals surface area contributed by atoms with Gasteiger partial charge in [0.15, 0.2) is 11.5 Å². The van der Waals surface area contributed by atoms with Crippen molar-refractivity contribution < 1.29 is 22.7 Å². The Morgan fingerprint density at radius 3 is 2.42 bits per heavy atom. The van der Waals surface area contributed by atoms with E-state index in [2.05, 4.69) is 10.5 Å². The zero-order valence-corrected chi connectivity index (χ0v) is 20.0. The van der Waals surface area contributed by atoms with Gasteiger partial charge < -0.3 is 9.47 Å². The van der Waals surface area contributed by atoms with Crippen LogP contribution in [0.3, 0.4) is 0 Å². The predicted octanol–water partition coefficient (Wildman–Crippen LogP) is 1.86. The molecule has 1 fully saturated rings. The van der Waals surface area contributed by atoms with Crippen molar-refractivity contribution in [2.45, 2.75) is 18.7 Å². The summed E-state index contributed by atoms with van der Waals surface area (Å²) in [5.74, 6) is 0.967. The highest BCUT2D eigenvalue weighted by molar-refractivity contribution is 7.89. The van der Waals surface area contributed by atoms with Gasteiger partial charge in [-0.2, -0.15) is 9.41 Å². The summed E-state index contributed by atoms with van der Waals surface area (Å²) in [7, 11) is -1.96. The van der Waals surface area contributed by atoms with Gasteiger partial charge in [0.1, 0.15) is 0 Å². The number of rotatable bonds is 9. The topological polar surface area (TPSA) is 101 Å². The van der Waals surface area contributed by atoms with Gasteiger partial charge in [-0.3, -0.25) is 9.69 Å². The number of carbonyl (C=O) groups excluding carboxylic acids is 1. The van der Waals surface area contributed by atoms with Gasteiger partial charge in [0, 0.05) is 26.2 Å². The lowest BCUT2D eigenvalue weighted by Crippen LogP contribution is -2.50. The van der Waals surface area contributed by atoms with Gasteiger partial charge >= 0.3 is 0 Å². The fourth-order valence-corrected chi connectivity index (χ4v) is 4.87. The minimum atomic E-state index is -3.52. The number of hydrogen-bond acceptors (Lipinski definition) is 7. The number of piperazine rings is 1. The van der Waals surface area contributed by atoms with Crippen LogP contribution >= 0.6 is 0 Å². The van der Waals surface area contributed by atoms with Crippen LogP contribution in [0.5, 0.6) is 11.5 Å². The highest BCUT2D eigenvalue weighted by Crippen LogP contribution is 2.27. The Balaban J connectivity index is 1.48. The van der Waals surface area contributed by atoms with E-state index in [-0.39, 0.29) is 12.5 Å². The molecule has 1 amide bonds. The molecule has 3 rings (SSSR count). The van der Waals surface area contributed by atoms with Gasteiger partial charge in [-0.1, -0.05) is 17.7 Å². The molecule has 0 radical (unpaired) electrons. The number of hydrazone groups is 1. The van der Waals surface area contributed by atoms with Crippen molar-refractivity contribution in [3.63, 3.8) is 0 Å². The fraction of sp³-hybridized carbons (Fsp3) is 0.391. The first-order valence-electron chi connectivity index (χ1n) is 10.8. The second-order valence-electron chi connectivity index (χ2n) is 7.63. The van der Waals surface area contributed by atoms with Crippen LogP contribution in [-0.4, -0.2) is 76.2 Å². The van der Waals surface area contributed by atoms with Crippen LogP contribution in [0.25, 0.3) is 0 Å². The number of aryl methyl sites for hydroxylation is 1. The molecule has 178 valence electrons. The van der Waals surface area contributed by atoms with Gasteiger partial charge in [-0.15, -0.1) is 0 Å². The maximum atomic E-state index is 12.8. The van der Waals surface area contributed by atoms with E-state index in [1.807, 2.05) is 24.8 Å². The molecular formula is C23H30N4O5S. The van der Waals surface area contributed by atoms with Gasteiger partial charge in [-0.05, 0) is 49.7 Å². The Hall–Kier alpha value is -2.95. The minimum Gasteiger partial charge on any atom is -0.493 e. The first-order chi connectivity index (χ1) is 15.8. The number of ether oxygens (including phenoxy) is 2. The van der Waals surface area contributed by atoms with E-state index in [0.29, 0.717) is 49.2 Å². The first kappa shape index (κ1) is 24.7. The van der Waals surface area contributed by atoms with E-state index in [0.717, 1.165) is 11.1 Å². The molecule has 0 atom stereocenters. The molecule has 0 saturated carbocycles.